The molecule has 1 aliphatic carbocycles. The lowest BCUT2D eigenvalue weighted by Crippen LogP contribution is -2.29. The van der Waals surface area contributed by atoms with E-state index in [-0.39, 0.29) is 0 Å². The van der Waals surface area contributed by atoms with E-state index in [9.17, 15) is 0 Å². The van der Waals surface area contributed by atoms with Gasteiger partial charge in [-0.05, 0) is 18.9 Å². The van der Waals surface area contributed by atoms with Crippen LogP contribution in [0.2, 0.25) is 0 Å². The Bertz CT molecular complexity index is 325. The van der Waals surface area contributed by atoms with Crippen LogP contribution in [0.3, 0.4) is 0 Å². The van der Waals surface area contributed by atoms with Crippen LogP contribution >= 0.6 is 0 Å². The van der Waals surface area contributed by atoms with Gasteiger partial charge in [-0.1, -0.05) is 0 Å². The van der Waals surface area contributed by atoms with Crippen molar-refractivity contribution in [3.8, 4) is 0 Å². The van der Waals surface area contributed by atoms with Crippen molar-refractivity contribution in [2.45, 2.75) is 18.9 Å². The summed E-state index contributed by atoms with van der Waals surface area (Å²) < 4.78 is 5.11. The minimum atomic E-state index is 0.656. The lowest BCUT2D eigenvalue weighted by atomic mass is 10.3. The van der Waals surface area contributed by atoms with Crippen LogP contribution in [0.1, 0.15) is 12.8 Å². The number of hydrogen-bond donors (Lipinski definition) is 1. The van der Waals surface area contributed by atoms with Gasteiger partial charge in [0.2, 0.25) is 0 Å². The Kier molecular flexibility index (Phi) is 3.06. The van der Waals surface area contributed by atoms with Crippen molar-refractivity contribution < 1.29 is 4.74 Å². The highest BCUT2D eigenvalue weighted by atomic mass is 16.5. The summed E-state index contributed by atoms with van der Waals surface area (Å²) in [6.07, 6.45) is 6.06. The second-order valence-corrected chi connectivity index (χ2v) is 3.89. The first-order chi connectivity index (χ1) is 7.31. The van der Waals surface area contributed by atoms with Crippen LogP contribution in [0.25, 0.3) is 0 Å². The van der Waals surface area contributed by atoms with E-state index >= 15 is 0 Å². The SMILES string of the molecule is COCCN(c1cncc(N)c1)C1CC1. The molecule has 4 heteroatoms. The minimum absolute atomic E-state index is 0.656. The summed E-state index contributed by atoms with van der Waals surface area (Å²) in [7, 11) is 1.72. The normalized spacial score (nSPS) is 15.3. The molecule has 1 fully saturated rings. The molecule has 0 amide bonds. The fraction of sp³-hybridized carbons (Fsp3) is 0.545. The summed E-state index contributed by atoms with van der Waals surface area (Å²) in [6, 6.07) is 2.63. The van der Waals surface area contributed by atoms with E-state index in [0.717, 1.165) is 24.5 Å². The molecule has 2 rings (SSSR count). The van der Waals surface area contributed by atoms with Crippen molar-refractivity contribution in [2.24, 2.45) is 0 Å². The molecule has 0 radical (unpaired) electrons. The number of hydrogen-bond acceptors (Lipinski definition) is 4. The topological polar surface area (TPSA) is 51.4 Å². The number of nitrogens with two attached hydrogens (primary N) is 1. The Hall–Kier alpha value is -1.29. The lowest BCUT2D eigenvalue weighted by Gasteiger charge is -2.24. The molecular formula is C11H17N3O. The summed E-state index contributed by atoms with van der Waals surface area (Å²) in [4.78, 5) is 6.44. The van der Waals surface area contributed by atoms with Gasteiger partial charge in [-0.3, -0.25) is 4.98 Å². The van der Waals surface area contributed by atoms with Crippen LogP contribution in [0.4, 0.5) is 11.4 Å². The average molecular weight is 207 g/mol. The van der Waals surface area contributed by atoms with Crippen LogP contribution in [0.5, 0.6) is 0 Å². The van der Waals surface area contributed by atoms with Gasteiger partial charge in [0.15, 0.2) is 0 Å². The molecule has 4 nitrogen and oxygen atoms in total. The third-order valence-corrected chi connectivity index (χ3v) is 2.60. The molecule has 15 heavy (non-hydrogen) atoms. The van der Waals surface area contributed by atoms with Gasteiger partial charge in [-0.15, -0.1) is 0 Å². The van der Waals surface area contributed by atoms with Gasteiger partial charge in [-0.25, -0.2) is 0 Å². The molecule has 1 heterocycles. The molecule has 1 aromatic rings. The van der Waals surface area contributed by atoms with Gasteiger partial charge in [0.25, 0.3) is 0 Å². The maximum absolute atomic E-state index is 5.73. The molecule has 0 atom stereocenters. The van der Waals surface area contributed by atoms with E-state index in [0.29, 0.717) is 6.04 Å². The fourth-order valence-corrected chi connectivity index (χ4v) is 1.70. The van der Waals surface area contributed by atoms with Crippen molar-refractivity contribution in [2.75, 3.05) is 30.9 Å². The molecule has 0 saturated heterocycles. The zero-order valence-corrected chi connectivity index (χ0v) is 9.02. The van der Waals surface area contributed by atoms with Gasteiger partial charge in [-0.2, -0.15) is 0 Å². The first-order valence-electron chi connectivity index (χ1n) is 5.27. The van der Waals surface area contributed by atoms with Crippen molar-refractivity contribution in [3.05, 3.63) is 18.5 Å². The smallest absolute Gasteiger partial charge is 0.0637 e. The van der Waals surface area contributed by atoms with E-state index in [4.69, 9.17) is 10.5 Å². The zero-order valence-electron chi connectivity index (χ0n) is 9.02. The Morgan fingerprint density at radius 1 is 1.53 bits per heavy atom. The van der Waals surface area contributed by atoms with Gasteiger partial charge >= 0.3 is 0 Å². The molecule has 0 aromatic carbocycles. The second-order valence-electron chi connectivity index (χ2n) is 3.89. The minimum Gasteiger partial charge on any atom is -0.397 e. The summed E-state index contributed by atoms with van der Waals surface area (Å²) in [5.74, 6) is 0. The third-order valence-electron chi connectivity index (χ3n) is 2.60. The van der Waals surface area contributed by atoms with Crippen LogP contribution < -0.4 is 10.6 Å². The summed E-state index contributed by atoms with van der Waals surface area (Å²) >= 11 is 0. The molecule has 82 valence electrons. The third kappa shape index (κ3) is 2.59. The van der Waals surface area contributed by atoms with E-state index < -0.39 is 0 Å². The first-order valence-corrected chi connectivity index (χ1v) is 5.27. The highest BCUT2D eigenvalue weighted by Crippen LogP contribution is 2.31. The predicted octanol–water partition coefficient (Wildman–Crippen LogP) is 1.28. The molecule has 0 spiro atoms. The molecule has 1 aliphatic rings. The van der Waals surface area contributed by atoms with Crippen LogP contribution in [-0.4, -0.2) is 31.3 Å². The summed E-state index contributed by atoms with van der Waals surface area (Å²) in [5.41, 5.74) is 7.55. The Morgan fingerprint density at radius 2 is 2.33 bits per heavy atom. The number of pyridine rings is 1. The van der Waals surface area contributed by atoms with Crippen molar-refractivity contribution >= 4 is 11.4 Å². The van der Waals surface area contributed by atoms with Crippen molar-refractivity contribution in [3.63, 3.8) is 0 Å². The van der Waals surface area contributed by atoms with Gasteiger partial charge in [0.1, 0.15) is 0 Å². The first kappa shape index (κ1) is 10.2. The Morgan fingerprint density at radius 3 is 2.93 bits per heavy atom. The quantitative estimate of drug-likeness (QED) is 0.790. The lowest BCUT2D eigenvalue weighted by molar-refractivity contribution is 0.205. The number of aromatic nitrogens is 1. The average Bonchev–Trinajstić information content (AvgIpc) is 3.03. The number of ether oxygens (including phenoxy) is 1. The molecule has 0 unspecified atom stereocenters. The van der Waals surface area contributed by atoms with Gasteiger partial charge < -0.3 is 15.4 Å². The summed E-state index contributed by atoms with van der Waals surface area (Å²) in [6.45, 7) is 1.65. The Balaban J connectivity index is 2.09. The molecule has 2 N–H and O–H groups in total. The van der Waals surface area contributed by atoms with Crippen LogP contribution in [0.15, 0.2) is 18.5 Å². The number of rotatable bonds is 5. The Labute approximate surface area is 90.0 Å². The predicted molar refractivity (Wildman–Crippen MR) is 60.9 cm³/mol. The van der Waals surface area contributed by atoms with E-state index in [2.05, 4.69) is 9.88 Å². The van der Waals surface area contributed by atoms with Crippen LogP contribution in [0, 0.1) is 0 Å². The second kappa shape index (κ2) is 4.49. The van der Waals surface area contributed by atoms with Crippen molar-refractivity contribution in [1.29, 1.82) is 0 Å². The van der Waals surface area contributed by atoms with Crippen molar-refractivity contribution in [1.82, 2.24) is 4.98 Å². The van der Waals surface area contributed by atoms with Crippen LogP contribution in [-0.2, 0) is 4.74 Å². The molecule has 1 saturated carbocycles. The maximum atomic E-state index is 5.73. The summed E-state index contributed by atoms with van der Waals surface area (Å²) in [5, 5.41) is 0. The van der Waals surface area contributed by atoms with E-state index in [1.54, 1.807) is 13.3 Å². The van der Waals surface area contributed by atoms with E-state index in [1.165, 1.54) is 12.8 Å². The highest BCUT2D eigenvalue weighted by molar-refractivity contribution is 5.54. The van der Waals surface area contributed by atoms with Gasteiger partial charge in [0, 0.05) is 25.9 Å². The zero-order chi connectivity index (χ0) is 10.7. The molecule has 1 aromatic heterocycles. The van der Waals surface area contributed by atoms with E-state index in [1.807, 2.05) is 12.3 Å². The molecular weight excluding hydrogens is 190 g/mol. The monoisotopic (exact) mass is 207 g/mol. The highest BCUT2D eigenvalue weighted by Gasteiger charge is 2.29. The largest absolute Gasteiger partial charge is 0.397 e. The molecule has 0 aliphatic heterocycles. The maximum Gasteiger partial charge on any atom is 0.0637 e. The standard InChI is InChI=1S/C11H17N3O/c1-15-5-4-14(10-2-3-10)11-6-9(12)7-13-8-11/h6-8,10H,2-5,12H2,1H3. The van der Waals surface area contributed by atoms with Gasteiger partial charge in [0.05, 0.1) is 24.2 Å². The number of nitrogens with zero attached hydrogens (tertiary/aromatic N) is 2. The molecule has 0 bridgehead atoms. The number of methoxy groups -OCH3 is 1. The number of nitrogen functional groups attached to an aromatic ring is 1. The fourth-order valence-electron chi connectivity index (χ4n) is 1.70. The number of anilines is 2.